The van der Waals surface area contributed by atoms with Gasteiger partial charge in [0, 0.05) is 10.9 Å². The second-order valence-corrected chi connectivity index (χ2v) is 3.90. The molecular formula is C10H15NO2S. The van der Waals surface area contributed by atoms with Crippen LogP contribution in [-0.2, 0) is 9.53 Å². The van der Waals surface area contributed by atoms with Gasteiger partial charge in [0.05, 0.1) is 13.2 Å². The second-order valence-electron chi connectivity index (χ2n) is 2.92. The summed E-state index contributed by atoms with van der Waals surface area (Å²) in [6.07, 6.45) is 0. The van der Waals surface area contributed by atoms with Crippen molar-refractivity contribution in [3.8, 4) is 0 Å². The number of hydrogen-bond donors (Lipinski definition) is 1. The molecule has 0 saturated carbocycles. The van der Waals surface area contributed by atoms with Gasteiger partial charge in [0.1, 0.15) is 0 Å². The summed E-state index contributed by atoms with van der Waals surface area (Å²) in [6.45, 7) is 4.55. The van der Waals surface area contributed by atoms with E-state index in [9.17, 15) is 4.79 Å². The number of thiophene rings is 1. The number of esters is 1. The number of carbonyl (C=O) groups excluding carboxylic acids is 1. The lowest BCUT2D eigenvalue weighted by Gasteiger charge is -2.10. The highest BCUT2D eigenvalue weighted by Gasteiger charge is 2.08. The average molecular weight is 213 g/mol. The Morgan fingerprint density at radius 1 is 1.71 bits per heavy atom. The highest BCUT2D eigenvalue weighted by atomic mass is 32.1. The summed E-state index contributed by atoms with van der Waals surface area (Å²) in [5.74, 6) is -0.198. The lowest BCUT2D eigenvalue weighted by Crippen LogP contribution is -2.26. The topological polar surface area (TPSA) is 38.3 Å². The quantitative estimate of drug-likeness (QED) is 0.760. The van der Waals surface area contributed by atoms with Crippen LogP contribution >= 0.6 is 11.3 Å². The van der Waals surface area contributed by atoms with Crippen LogP contribution in [0.5, 0.6) is 0 Å². The van der Waals surface area contributed by atoms with Crippen molar-refractivity contribution < 1.29 is 9.53 Å². The van der Waals surface area contributed by atoms with E-state index in [2.05, 4.69) is 5.32 Å². The van der Waals surface area contributed by atoms with Crippen molar-refractivity contribution in [2.24, 2.45) is 0 Å². The molecular weight excluding hydrogens is 198 g/mol. The molecule has 0 saturated heterocycles. The van der Waals surface area contributed by atoms with Crippen LogP contribution in [0.4, 0.5) is 0 Å². The molecule has 0 fully saturated rings. The van der Waals surface area contributed by atoms with E-state index in [1.807, 2.05) is 24.4 Å². The molecule has 1 heterocycles. The van der Waals surface area contributed by atoms with Crippen molar-refractivity contribution in [3.05, 3.63) is 22.4 Å². The van der Waals surface area contributed by atoms with Crippen molar-refractivity contribution in [3.63, 3.8) is 0 Å². The first-order chi connectivity index (χ1) is 6.74. The predicted octanol–water partition coefficient (Wildman–Crippen LogP) is 1.96. The third-order valence-corrected chi connectivity index (χ3v) is 2.88. The number of hydrogen-bond acceptors (Lipinski definition) is 4. The minimum atomic E-state index is -0.198. The lowest BCUT2D eigenvalue weighted by atomic mass is 10.3. The van der Waals surface area contributed by atoms with Gasteiger partial charge in [-0.25, -0.2) is 0 Å². The fourth-order valence-corrected chi connectivity index (χ4v) is 1.85. The molecule has 1 N–H and O–H groups in total. The number of carbonyl (C=O) groups is 1. The highest BCUT2D eigenvalue weighted by Crippen LogP contribution is 2.17. The predicted molar refractivity (Wildman–Crippen MR) is 57.4 cm³/mol. The van der Waals surface area contributed by atoms with Crippen LogP contribution in [0.25, 0.3) is 0 Å². The van der Waals surface area contributed by atoms with E-state index in [0.717, 1.165) is 0 Å². The number of rotatable bonds is 5. The van der Waals surface area contributed by atoms with E-state index < -0.39 is 0 Å². The van der Waals surface area contributed by atoms with Gasteiger partial charge in [-0.05, 0) is 25.3 Å². The van der Waals surface area contributed by atoms with Gasteiger partial charge in [0.15, 0.2) is 0 Å². The standard InChI is InChI=1S/C10H15NO2S/c1-3-13-10(12)7-11-8(2)9-5-4-6-14-9/h4-6,8,11H,3,7H2,1-2H3/t8-/m0/s1. The first-order valence-electron chi connectivity index (χ1n) is 4.66. The first kappa shape index (κ1) is 11.2. The van der Waals surface area contributed by atoms with Crippen molar-refractivity contribution in [1.82, 2.24) is 5.32 Å². The molecule has 1 aromatic rings. The molecule has 0 aromatic carbocycles. The fraction of sp³-hybridized carbons (Fsp3) is 0.500. The first-order valence-corrected chi connectivity index (χ1v) is 5.54. The van der Waals surface area contributed by atoms with E-state index in [1.165, 1.54) is 4.88 Å². The zero-order chi connectivity index (χ0) is 10.4. The Labute approximate surface area is 88.1 Å². The largest absolute Gasteiger partial charge is 0.465 e. The van der Waals surface area contributed by atoms with Crippen LogP contribution in [0.1, 0.15) is 24.8 Å². The van der Waals surface area contributed by atoms with Crippen LogP contribution in [0.2, 0.25) is 0 Å². The Balaban J connectivity index is 2.28. The van der Waals surface area contributed by atoms with Crippen molar-refractivity contribution >= 4 is 17.3 Å². The highest BCUT2D eigenvalue weighted by molar-refractivity contribution is 7.10. The van der Waals surface area contributed by atoms with E-state index >= 15 is 0 Å². The third-order valence-electron chi connectivity index (χ3n) is 1.83. The smallest absolute Gasteiger partial charge is 0.319 e. The molecule has 0 spiro atoms. The average Bonchev–Trinajstić information content (AvgIpc) is 2.67. The molecule has 0 radical (unpaired) electrons. The van der Waals surface area contributed by atoms with Crippen LogP contribution < -0.4 is 5.32 Å². The summed E-state index contributed by atoms with van der Waals surface area (Å²) in [6, 6.07) is 4.26. The molecule has 0 aliphatic carbocycles. The SMILES string of the molecule is CCOC(=O)CN[C@@H](C)c1cccs1. The zero-order valence-corrected chi connectivity index (χ0v) is 9.26. The van der Waals surface area contributed by atoms with Crippen molar-refractivity contribution in [1.29, 1.82) is 0 Å². The maximum Gasteiger partial charge on any atom is 0.319 e. The number of nitrogens with one attached hydrogen (secondary N) is 1. The molecule has 78 valence electrons. The number of ether oxygens (including phenoxy) is 1. The van der Waals surface area contributed by atoms with Gasteiger partial charge in [-0.15, -0.1) is 11.3 Å². The molecule has 0 amide bonds. The van der Waals surface area contributed by atoms with Crippen molar-refractivity contribution in [2.75, 3.05) is 13.2 Å². The van der Waals surface area contributed by atoms with Gasteiger partial charge in [0.2, 0.25) is 0 Å². The normalized spacial score (nSPS) is 12.4. The van der Waals surface area contributed by atoms with Crippen molar-refractivity contribution in [2.45, 2.75) is 19.9 Å². The summed E-state index contributed by atoms with van der Waals surface area (Å²) >= 11 is 1.68. The molecule has 1 aromatic heterocycles. The Morgan fingerprint density at radius 2 is 2.50 bits per heavy atom. The molecule has 0 aliphatic rings. The van der Waals surface area contributed by atoms with Crippen LogP contribution in [-0.4, -0.2) is 19.1 Å². The fourth-order valence-electron chi connectivity index (χ4n) is 1.09. The van der Waals surface area contributed by atoms with Gasteiger partial charge < -0.3 is 4.74 Å². The van der Waals surface area contributed by atoms with E-state index in [0.29, 0.717) is 6.61 Å². The molecule has 1 rings (SSSR count). The van der Waals surface area contributed by atoms with E-state index in [-0.39, 0.29) is 18.6 Å². The van der Waals surface area contributed by atoms with E-state index in [4.69, 9.17) is 4.74 Å². The van der Waals surface area contributed by atoms with Gasteiger partial charge in [-0.3, -0.25) is 10.1 Å². The summed E-state index contributed by atoms with van der Waals surface area (Å²) in [5, 5.41) is 5.13. The van der Waals surface area contributed by atoms with Gasteiger partial charge in [-0.2, -0.15) is 0 Å². The summed E-state index contributed by atoms with van der Waals surface area (Å²) in [4.78, 5) is 12.3. The summed E-state index contributed by atoms with van der Waals surface area (Å²) < 4.78 is 4.81. The van der Waals surface area contributed by atoms with Gasteiger partial charge in [0.25, 0.3) is 0 Å². The molecule has 1 atom stereocenters. The maximum absolute atomic E-state index is 11.0. The summed E-state index contributed by atoms with van der Waals surface area (Å²) in [7, 11) is 0. The zero-order valence-electron chi connectivity index (χ0n) is 8.45. The van der Waals surface area contributed by atoms with Crippen LogP contribution in [0.15, 0.2) is 17.5 Å². The van der Waals surface area contributed by atoms with E-state index in [1.54, 1.807) is 18.3 Å². The molecule has 0 bridgehead atoms. The Morgan fingerprint density at radius 3 is 3.07 bits per heavy atom. The Bertz CT molecular complexity index is 272. The third kappa shape index (κ3) is 3.47. The monoisotopic (exact) mass is 213 g/mol. The molecule has 0 aliphatic heterocycles. The lowest BCUT2D eigenvalue weighted by molar-refractivity contribution is -0.142. The Kier molecular flexibility index (Phi) is 4.62. The Hall–Kier alpha value is -0.870. The van der Waals surface area contributed by atoms with Crippen LogP contribution in [0, 0.1) is 0 Å². The molecule has 3 nitrogen and oxygen atoms in total. The summed E-state index contributed by atoms with van der Waals surface area (Å²) in [5.41, 5.74) is 0. The minimum absolute atomic E-state index is 0.198. The second kappa shape index (κ2) is 5.78. The maximum atomic E-state index is 11.0. The van der Waals surface area contributed by atoms with Gasteiger partial charge in [-0.1, -0.05) is 6.07 Å². The van der Waals surface area contributed by atoms with Crippen LogP contribution in [0.3, 0.4) is 0 Å². The minimum Gasteiger partial charge on any atom is -0.465 e. The molecule has 0 unspecified atom stereocenters. The molecule has 4 heteroatoms. The van der Waals surface area contributed by atoms with Gasteiger partial charge >= 0.3 is 5.97 Å². The molecule has 14 heavy (non-hydrogen) atoms.